The lowest BCUT2D eigenvalue weighted by Crippen LogP contribution is -2.29. The molecule has 90 valence electrons. The molecule has 0 aromatic rings. The SMILES string of the molecule is CCCCCC(=O)NCCC[Si](C)(C)O. The van der Waals surface area contributed by atoms with Gasteiger partial charge in [-0.3, -0.25) is 4.79 Å². The van der Waals surface area contributed by atoms with Gasteiger partial charge < -0.3 is 10.1 Å². The van der Waals surface area contributed by atoms with Gasteiger partial charge in [-0.15, -0.1) is 0 Å². The lowest BCUT2D eigenvalue weighted by Gasteiger charge is -2.13. The Labute approximate surface area is 94.4 Å². The minimum Gasteiger partial charge on any atom is -0.432 e. The Morgan fingerprint density at radius 1 is 1.27 bits per heavy atom. The first kappa shape index (κ1) is 14.6. The van der Waals surface area contributed by atoms with Crippen molar-refractivity contribution in [3.8, 4) is 0 Å². The molecule has 4 heteroatoms. The molecule has 0 rings (SSSR count). The van der Waals surface area contributed by atoms with Crippen LogP contribution < -0.4 is 5.32 Å². The molecule has 0 aliphatic heterocycles. The molecule has 0 saturated heterocycles. The van der Waals surface area contributed by atoms with Crippen molar-refractivity contribution < 1.29 is 9.59 Å². The number of nitrogens with one attached hydrogen (secondary N) is 1. The molecule has 1 amide bonds. The van der Waals surface area contributed by atoms with Crippen LogP contribution >= 0.6 is 0 Å². The average molecular weight is 231 g/mol. The van der Waals surface area contributed by atoms with E-state index in [0.717, 1.165) is 31.7 Å². The summed E-state index contributed by atoms with van der Waals surface area (Å²) < 4.78 is 0. The van der Waals surface area contributed by atoms with Crippen LogP contribution in [0.5, 0.6) is 0 Å². The highest BCUT2D eigenvalue weighted by Crippen LogP contribution is 2.06. The molecule has 15 heavy (non-hydrogen) atoms. The van der Waals surface area contributed by atoms with Gasteiger partial charge in [-0.05, 0) is 32.0 Å². The van der Waals surface area contributed by atoms with E-state index < -0.39 is 8.32 Å². The molecule has 0 heterocycles. The molecule has 0 unspecified atom stereocenters. The van der Waals surface area contributed by atoms with E-state index in [-0.39, 0.29) is 5.91 Å². The number of rotatable bonds is 8. The van der Waals surface area contributed by atoms with Crippen LogP contribution in [-0.2, 0) is 4.79 Å². The van der Waals surface area contributed by atoms with Crippen LogP contribution in [-0.4, -0.2) is 25.6 Å². The first-order chi connectivity index (χ1) is 6.95. The van der Waals surface area contributed by atoms with E-state index in [1.54, 1.807) is 0 Å². The lowest BCUT2D eigenvalue weighted by molar-refractivity contribution is -0.121. The van der Waals surface area contributed by atoms with Gasteiger partial charge in [-0.1, -0.05) is 19.8 Å². The summed E-state index contributed by atoms with van der Waals surface area (Å²) in [5, 5.41) is 2.89. The van der Waals surface area contributed by atoms with E-state index in [9.17, 15) is 9.59 Å². The van der Waals surface area contributed by atoms with Gasteiger partial charge in [0.15, 0.2) is 8.32 Å². The van der Waals surface area contributed by atoms with Crippen molar-refractivity contribution in [3.63, 3.8) is 0 Å². The number of hydrogen-bond acceptors (Lipinski definition) is 2. The molecule has 0 aromatic heterocycles. The van der Waals surface area contributed by atoms with Gasteiger partial charge in [0.2, 0.25) is 5.91 Å². The van der Waals surface area contributed by atoms with E-state index >= 15 is 0 Å². The number of unbranched alkanes of at least 4 members (excludes halogenated alkanes) is 2. The lowest BCUT2D eigenvalue weighted by atomic mass is 10.2. The summed E-state index contributed by atoms with van der Waals surface area (Å²) in [7, 11) is -1.91. The number of amides is 1. The van der Waals surface area contributed by atoms with Crippen LogP contribution in [0.3, 0.4) is 0 Å². The molecule has 2 N–H and O–H groups in total. The van der Waals surface area contributed by atoms with Crippen molar-refractivity contribution in [2.24, 2.45) is 0 Å². The summed E-state index contributed by atoms with van der Waals surface area (Å²) in [6.45, 7) is 6.69. The molecular weight excluding hydrogens is 206 g/mol. The number of carbonyl (C=O) groups excluding carboxylic acids is 1. The highest BCUT2D eigenvalue weighted by molar-refractivity contribution is 6.69. The minimum atomic E-state index is -1.91. The molecule has 3 nitrogen and oxygen atoms in total. The summed E-state index contributed by atoms with van der Waals surface area (Å²) in [6, 6.07) is 0.863. The van der Waals surface area contributed by atoms with Gasteiger partial charge in [0.1, 0.15) is 0 Å². The maximum atomic E-state index is 11.3. The second kappa shape index (κ2) is 7.88. The zero-order valence-electron chi connectivity index (χ0n) is 10.3. The Morgan fingerprint density at radius 3 is 2.47 bits per heavy atom. The second-order valence-corrected chi connectivity index (χ2v) is 8.85. The Bertz CT molecular complexity index is 178. The minimum absolute atomic E-state index is 0.154. The van der Waals surface area contributed by atoms with E-state index in [1.807, 2.05) is 13.1 Å². The highest BCUT2D eigenvalue weighted by atomic mass is 28.4. The van der Waals surface area contributed by atoms with E-state index in [1.165, 1.54) is 0 Å². The van der Waals surface area contributed by atoms with Crippen molar-refractivity contribution in [1.29, 1.82) is 0 Å². The summed E-state index contributed by atoms with van der Waals surface area (Å²) in [5.74, 6) is 0.154. The zero-order chi connectivity index (χ0) is 11.7. The van der Waals surface area contributed by atoms with E-state index in [2.05, 4.69) is 12.2 Å². The van der Waals surface area contributed by atoms with Gasteiger partial charge in [0, 0.05) is 13.0 Å². The molecule has 0 radical (unpaired) electrons. The fraction of sp³-hybridized carbons (Fsp3) is 0.909. The third-order valence-electron chi connectivity index (χ3n) is 2.29. The Balaban J connectivity index is 3.32. The maximum Gasteiger partial charge on any atom is 0.219 e. The monoisotopic (exact) mass is 231 g/mol. The van der Waals surface area contributed by atoms with Crippen molar-refractivity contribution in [1.82, 2.24) is 5.32 Å². The topological polar surface area (TPSA) is 49.3 Å². The van der Waals surface area contributed by atoms with Gasteiger partial charge >= 0.3 is 0 Å². The summed E-state index contributed by atoms with van der Waals surface area (Å²) in [6.07, 6.45) is 4.81. The van der Waals surface area contributed by atoms with E-state index in [4.69, 9.17) is 0 Å². The summed E-state index contributed by atoms with van der Waals surface area (Å²) in [4.78, 5) is 20.9. The molecule has 0 aliphatic carbocycles. The van der Waals surface area contributed by atoms with Crippen molar-refractivity contribution in [3.05, 3.63) is 0 Å². The van der Waals surface area contributed by atoms with Gasteiger partial charge in [0.05, 0.1) is 0 Å². The van der Waals surface area contributed by atoms with Crippen LogP contribution in [0.4, 0.5) is 0 Å². The number of carbonyl (C=O) groups is 1. The standard InChI is InChI=1S/C11H25NO2Si/c1-4-5-6-8-11(13)12-9-7-10-15(2,3)14/h14H,4-10H2,1-3H3,(H,12,13). The molecule has 0 saturated carbocycles. The van der Waals surface area contributed by atoms with Crippen LogP contribution in [0.2, 0.25) is 19.1 Å². The summed E-state index contributed by atoms with van der Waals surface area (Å²) >= 11 is 0. The zero-order valence-corrected chi connectivity index (χ0v) is 11.3. The molecule has 0 aliphatic rings. The second-order valence-electron chi connectivity index (χ2n) is 4.72. The predicted octanol–water partition coefficient (Wildman–Crippen LogP) is 2.27. The molecule has 0 spiro atoms. The smallest absolute Gasteiger partial charge is 0.219 e. The molecule has 0 bridgehead atoms. The first-order valence-electron chi connectivity index (χ1n) is 5.95. The van der Waals surface area contributed by atoms with Crippen LogP contribution in [0.1, 0.15) is 39.0 Å². The quantitative estimate of drug-likeness (QED) is 0.497. The molecular formula is C11H25NO2Si. The van der Waals surface area contributed by atoms with Gasteiger partial charge in [-0.2, -0.15) is 0 Å². The third kappa shape index (κ3) is 11.6. The Morgan fingerprint density at radius 2 is 1.93 bits per heavy atom. The average Bonchev–Trinajstić information content (AvgIpc) is 2.11. The van der Waals surface area contributed by atoms with Crippen LogP contribution in [0.25, 0.3) is 0 Å². The predicted molar refractivity (Wildman–Crippen MR) is 66.3 cm³/mol. The van der Waals surface area contributed by atoms with Gasteiger partial charge in [0.25, 0.3) is 0 Å². The third-order valence-corrected chi connectivity index (χ3v) is 3.87. The normalized spacial score (nSPS) is 11.5. The highest BCUT2D eigenvalue weighted by Gasteiger charge is 2.15. The number of hydrogen-bond donors (Lipinski definition) is 2. The van der Waals surface area contributed by atoms with Crippen molar-refractivity contribution in [2.75, 3.05) is 6.54 Å². The van der Waals surface area contributed by atoms with E-state index in [0.29, 0.717) is 13.0 Å². The molecule has 0 fully saturated rings. The summed E-state index contributed by atoms with van der Waals surface area (Å²) in [5.41, 5.74) is 0. The van der Waals surface area contributed by atoms with Crippen LogP contribution in [0.15, 0.2) is 0 Å². The molecule has 0 aromatic carbocycles. The fourth-order valence-corrected chi connectivity index (χ4v) is 2.41. The maximum absolute atomic E-state index is 11.3. The fourth-order valence-electron chi connectivity index (χ4n) is 1.37. The Kier molecular flexibility index (Phi) is 7.69. The van der Waals surface area contributed by atoms with Crippen molar-refractivity contribution in [2.45, 2.75) is 58.2 Å². The largest absolute Gasteiger partial charge is 0.432 e. The molecule has 0 atom stereocenters. The first-order valence-corrected chi connectivity index (χ1v) is 9.10. The van der Waals surface area contributed by atoms with Crippen LogP contribution in [0, 0.1) is 0 Å². The van der Waals surface area contributed by atoms with Gasteiger partial charge in [-0.25, -0.2) is 0 Å². The Hall–Kier alpha value is -0.353. The van der Waals surface area contributed by atoms with Crippen molar-refractivity contribution >= 4 is 14.2 Å².